The van der Waals surface area contributed by atoms with Crippen molar-refractivity contribution in [2.24, 2.45) is 28.6 Å². The zero-order chi connectivity index (χ0) is 31.2. The molecule has 1 N–H and O–H groups in total. The topological polar surface area (TPSA) is 114 Å². The standard InChI is InChI=1S/C33H49N5O5S/c1-4-26(31(42)43)38(15-22-9-6-5-7-10-22)23-11-8-12-35(16-23)29(40)25-17-36(30(41)27-14-34-21-44-27)18-33(25)19-37(20-33)28(39)24-13-32(24,2)3/h14,21-26H,4-13,15-20H2,1-3H3,(H,42,43)/t23-,24-,25+,26?/m1/s1. The molecule has 3 amide bonds. The van der Waals surface area contributed by atoms with E-state index in [4.69, 9.17) is 0 Å². The summed E-state index contributed by atoms with van der Waals surface area (Å²) in [7, 11) is 0. The van der Waals surface area contributed by atoms with Crippen molar-refractivity contribution in [3.8, 4) is 0 Å². The number of nitrogens with zero attached hydrogens (tertiary/aromatic N) is 5. The number of carboxylic acids is 1. The van der Waals surface area contributed by atoms with Gasteiger partial charge in [-0.25, -0.2) is 0 Å². The molecule has 242 valence electrons. The number of hydrogen-bond donors (Lipinski definition) is 1. The van der Waals surface area contributed by atoms with E-state index >= 15 is 0 Å². The minimum atomic E-state index is -0.781. The number of carboxylic acid groups (broad SMARTS) is 1. The third-order valence-electron chi connectivity index (χ3n) is 11.5. The average molecular weight is 628 g/mol. The summed E-state index contributed by atoms with van der Waals surface area (Å²) in [5.41, 5.74) is 1.24. The van der Waals surface area contributed by atoms with Crippen LogP contribution in [0.4, 0.5) is 0 Å². The summed E-state index contributed by atoms with van der Waals surface area (Å²) in [5, 5.41) is 10.2. The van der Waals surface area contributed by atoms with E-state index in [1.165, 1.54) is 30.6 Å². The van der Waals surface area contributed by atoms with Crippen LogP contribution in [0.5, 0.6) is 0 Å². The molecule has 4 atom stereocenters. The van der Waals surface area contributed by atoms with Crippen LogP contribution >= 0.6 is 11.3 Å². The lowest BCUT2D eigenvalue weighted by molar-refractivity contribution is -0.156. The van der Waals surface area contributed by atoms with Crippen LogP contribution in [-0.4, -0.2) is 111 Å². The Bertz CT molecular complexity index is 1240. The van der Waals surface area contributed by atoms with Crippen molar-refractivity contribution in [3.05, 3.63) is 16.6 Å². The molecular formula is C33H49N5O5S. The average Bonchev–Trinajstić information content (AvgIpc) is 3.36. The van der Waals surface area contributed by atoms with E-state index in [0.717, 1.165) is 38.6 Å². The van der Waals surface area contributed by atoms with Gasteiger partial charge in [0, 0.05) is 63.2 Å². The Morgan fingerprint density at radius 1 is 0.977 bits per heavy atom. The summed E-state index contributed by atoms with van der Waals surface area (Å²) < 4.78 is 0. The fraction of sp³-hybridized carbons (Fsp3) is 0.788. The molecule has 0 bridgehead atoms. The number of aliphatic carboxylic acids is 1. The van der Waals surface area contributed by atoms with Gasteiger partial charge in [-0.15, -0.1) is 11.3 Å². The van der Waals surface area contributed by atoms with Crippen molar-refractivity contribution in [3.63, 3.8) is 0 Å². The monoisotopic (exact) mass is 627 g/mol. The van der Waals surface area contributed by atoms with Crippen molar-refractivity contribution >= 4 is 35.0 Å². The predicted octanol–water partition coefficient (Wildman–Crippen LogP) is 3.83. The lowest BCUT2D eigenvalue weighted by Gasteiger charge is -2.51. The lowest BCUT2D eigenvalue weighted by Crippen LogP contribution is -2.65. The molecule has 6 rings (SSSR count). The first-order chi connectivity index (χ1) is 21.0. The first-order valence-corrected chi connectivity index (χ1v) is 17.6. The largest absolute Gasteiger partial charge is 0.480 e. The first-order valence-electron chi connectivity index (χ1n) is 16.8. The van der Waals surface area contributed by atoms with Gasteiger partial charge in [0.25, 0.3) is 5.91 Å². The third-order valence-corrected chi connectivity index (χ3v) is 12.2. The van der Waals surface area contributed by atoms with Crippen molar-refractivity contribution in [1.82, 2.24) is 24.6 Å². The van der Waals surface area contributed by atoms with E-state index in [9.17, 15) is 24.3 Å². The molecule has 1 unspecified atom stereocenters. The number of carbonyl (C=O) groups excluding carboxylic acids is 3. The molecule has 3 saturated heterocycles. The smallest absolute Gasteiger partial charge is 0.320 e. The van der Waals surface area contributed by atoms with Crippen LogP contribution in [0, 0.1) is 28.6 Å². The first kappa shape index (κ1) is 31.5. The number of amides is 3. The molecule has 3 aliphatic heterocycles. The van der Waals surface area contributed by atoms with Gasteiger partial charge >= 0.3 is 5.97 Å². The van der Waals surface area contributed by atoms with Gasteiger partial charge in [0.05, 0.1) is 17.6 Å². The fourth-order valence-corrected chi connectivity index (χ4v) is 9.22. The van der Waals surface area contributed by atoms with Crippen LogP contribution in [0.2, 0.25) is 0 Å². The molecule has 44 heavy (non-hydrogen) atoms. The maximum absolute atomic E-state index is 14.5. The maximum Gasteiger partial charge on any atom is 0.320 e. The number of aromatic nitrogens is 1. The number of likely N-dealkylation sites (tertiary alicyclic amines) is 3. The Kier molecular flexibility index (Phi) is 8.82. The Hall–Kier alpha value is -2.53. The van der Waals surface area contributed by atoms with Crippen LogP contribution in [0.3, 0.4) is 0 Å². The van der Waals surface area contributed by atoms with Gasteiger partial charge in [-0.1, -0.05) is 40.0 Å². The van der Waals surface area contributed by atoms with E-state index in [0.29, 0.717) is 56.5 Å². The highest BCUT2D eigenvalue weighted by Gasteiger charge is 2.62. The predicted molar refractivity (Wildman–Crippen MR) is 167 cm³/mol. The Labute approximate surface area is 265 Å². The Morgan fingerprint density at radius 2 is 1.66 bits per heavy atom. The Balaban J connectivity index is 1.19. The van der Waals surface area contributed by atoms with Crippen LogP contribution in [0.1, 0.15) is 88.2 Å². The van der Waals surface area contributed by atoms with Crippen molar-refractivity contribution in [1.29, 1.82) is 0 Å². The van der Waals surface area contributed by atoms with Crippen molar-refractivity contribution in [2.75, 3.05) is 45.8 Å². The second-order valence-corrected chi connectivity index (χ2v) is 15.8. The molecule has 2 aliphatic carbocycles. The van der Waals surface area contributed by atoms with Crippen LogP contribution < -0.4 is 0 Å². The summed E-state index contributed by atoms with van der Waals surface area (Å²) in [4.78, 5) is 66.0. The molecule has 1 aromatic heterocycles. The van der Waals surface area contributed by atoms with Gasteiger partial charge in [-0.05, 0) is 49.9 Å². The number of piperidine rings is 1. The molecule has 4 heterocycles. The van der Waals surface area contributed by atoms with Crippen molar-refractivity contribution < 1.29 is 24.3 Å². The SMILES string of the molecule is CCC(C(=O)O)N(CC1CCCCC1)[C@@H]1CCCN(C(=O)[C@@H]2CN(C(=O)c3cncs3)CC23CN(C(=O)[C@H]2CC2(C)C)C3)C1. The van der Waals surface area contributed by atoms with Gasteiger partial charge in [0.2, 0.25) is 11.8 Å². The quantitative estimate of drug-likeness (QED) is 0.443. The van der Waals surface area contributed by atoms with E-state index in [1.807, 2.05) is 16.7 Å². The molecule has 0 radical (unpaired) electrons. The molecule has 5 aliphatic rings. The van der Waals surface area contributed by atoms with Gasteiger partial charge in [-0.2, -0.15) is 0 Å². The summed E-state index contributed by atoms with van der Waals surface area (Å²) in [6.07, 6.45) is 10.7. The number of rotatable bonds is 9. The zero-order valence-corrected chi connectivity index (χ0v) is 27.4. The van der Waals surface area contributed by atoms with Gasteiger partial charge in [0.1, 0.15) is 10.9 Å². The minimum absolute atomic E-state index is 0.000442. The molecule has 1 spiro atoms. The molecule has 0 aromatic carbocycles. The normalized spacial score (nSPS) is 28.6. The van der Waals surface area contributed by atoms with Gasteiger partial charge in [-0.3, -0.25) is 29.1 Å². The third kappa shape index (κ3) is 6.02. The minimum Gasteiger partial charge on any atom is -0.480 e. The lowest BCUT2D eigenvalue weighted by atomic mass is 9.70. The molecule has 2 saturated carbocycles. The van der Waals surface area contributed by atoms with Crippen molar-refractivity contribution in [2.45, 2.75) is 90.6 Å². The number of hydrogen-bond acceptors (Lipinski definition) is 7. The highest BCUT2D eigenvalue weighted by molar-refractivity contribution is 7.11. The zero-order valence-electron chi connectivity index (χ0n) is 26.6. The summed E-state index contributed by atoms with van der Waals surface area (Å²) in [6.45, 7) is 9.94. The summed E-state index contributed by atoms with van der Waals surface area (Å²) in [5.74, 6) is -0.493. The van der Waals surface area contributed by atoms with E-state index in [1.54, 1.807) is 16.6 Å². The van der Waals surface area contributed by atoms with Crippen LogP contribution in [0.15, 0.2) is 11.7 Å². The second kappa shape index (κ2) is 12.3. The van der Waals surface area contributed by atoms with E-state index < -0.39 is 17.4 Å². The Morgan fingerprint density at radius 3 is 2.27 bits per heavy atom. The summed E-state index contributed by atoms with van der Waals surface area (Å²) >= 11 is 1.31. The molecule has 5 fully saturated rings. The number of carbonyl (C=O) groups is 4. The van der Waals surface area contributed by atoms with E-state index in [2.05, 4.69) is 23.7 Å². The van der Waals surface area contributed by atoms with Gasteiger partial charge in [0.15, 0.2) is 0 Å². The molecule has 11 heteroatoms. The highest BCUT2D eigenvalue weighted by atomic mass is 32.1. The summed E-state index contributed by atoms with van der Waals surface area (Å²) in [6, 6.07) is -0.556. The molecule has 1 aromatic rings. The van der Waals surface area contributed by atoms with Crippen LogP contribution in [-0.2, 0) is 14.4 Å². The maximum atomic E-state index is 14.5. The second-order valence-electron chi connectivity index (χ2n) is 14.9. The highest BCUT2D eigenvalue weighted by Crippen LogP contribution is 2.55. The fourth-order valence-electron chi connectivity index (χ4n) is 8.64. The van der Waals surface area contributed by atoms with E-state index in [-0.39, 0.29) is 41.0 Å². The number of thiazole rings is 1. The van der Waals surface area contributed by atoms with Crippen LogP contribution in [0.25, 0.3) is 0 Å². The van der Waals surface area contributed by atoms with Gasteiger partial charge < -0.3 is 19.8 Å². The molecule has 10 nitrogen and oxygen atoms in total. The molecular weight excluding hydrogens is 578 g/mol.